The summed E-state index contributed by atoms with van der Waals surface area (Å²) < 4.78 is 3.37. The molecule has 0 spiro atoms. The van der Waals surface area contributed by atoms with Gasteiger partial charge in [-0.25, -0.2) is 4.98 Å². The molecule has 5 rings (SSSR count). The van der Waals surface area contributed by atoms with Gasteiger partial charge in [-0.15, -0.1) is 0 Å². The first kappa shape index (κ1) is 20.0. The molecule has 1 aliphatic carbocycles. The number of anilines is 1. The highest BCUT2D eigenvalue weighted by Crippen LogP contribution is 2.29. The molecule has 3 heterocycles. The van der Waals surface area contributed by atoms with Gasteiger partial charge in [0, 0.05) is 35.7 Å². The van der Waals surface area contributed by atoms with Crippen molar-refractivity contribution in [2.24, 2.45) is 0 Å². The van der Waals surface area contributed by atoms with Gasteiger partial charge < -0.3 is 15.4 Å². The smallest absolute Gasteiger partial charge is 0.264 e. The van der Waals surface area contributed by atoms with Gasteiger partial charge in [0.1, 0.15) is 11.4 Å². The highest BCUT2D eigenvalue weighted by Gasteiger charge is 2.26. The number of nitrogens with two attached hydrogens (primary N) is 1. The number of rotatable bonds is 2. The van der Waals surface area contributed by atoms with Crippen LogP contribution in [0.5, 0.6) is 0 Å². The molecule has 0 bridgehead atoms. The van der Waals surface area contributed by atoms with E-state index in [1.165, 1.54) is 0 Å². The van der Waals surface area contributed by atoms with E-state index in [0.717, 1.165) is 35.7 Å². The highest BCUT2D eigenvalue weighted by atomic mass is 16.3. The van der Waals surface area contributed by atoms with Crippen molar-refractivity contribution in [3.63, 3.8) is 0 Å². The highest BCUT2D eigenvalue weighted by molar-refractivity contribution is 6.08. The second-order valence-corrected chi connectivity index (χ2v) is 8.16. The average Bonchev–Trinajstić information content (AvgIpc) is 3.46. The monoisotopic (exact) mass is 425 g/mol. The summed E-state index contributed by atoms with van der Waals surface area (Å²) in [4.78, 5) is 21.4. The van der Waals surface area contributed by atoms with Crippen molar-refractivity contribution in [2.75, 3.05) is 5.73 Å². The molecule has 7 nitrogen and oxygen atoms in total. The van der Waals surface area contributed by atoms with Crippen LogP contribution in [-0.4, -0.2) is 35.7 Å². The Morgan fingerprint density at radius 3 is 2.66 bits per heavy atom. The summed E-state index contributed by atoms with van der Waals surface area (Å²) in [6.45, 7) is 0. The van der Waals surface area contributed by atoms with E-state index < -0.39 is 5.60 Å². The topological polar surface area (TPSA) is 99.0 Å². The Bertz CT molecular complexity index is 1350. The Morgan fingerprint density at radius 1 is 1.12 bits per heavy atom. The molecule has 160 valence electrons. The fourth-order valence-corrected chi connectivity index (χ4v) is 4.22. The zero-order valence-electron chi connectivity index (χ0n) is 17.5. The Hall–Kier alpha value is -3.89. The minimum Gasteiger partial charge on any atom is -0.378 e. The lowest BCUT2D eigenvalue weighted by molar-refractivity contribution is 0.0610. The first-order valence-corrected chi connectivity index (χ1v) is 10.7. The molecule has 4 aromatic rings. The molecule has 7 heteroatoms. The lowest BCUT2D eigenvalue weighted by Crippen LogP contribution is -2.29. The predicted octanol–water partition coefficient (Wildman–Crippen LogP) is 3.54. The van der Waals surface area contributed by atoms with Crippen molar-refractivity contribution in [1.82, 2.24) is 19.1 Å². The SMILES string of the molecule is Nc1nccc(-n2cc(C(=O)n3cccc3)c3ccc(C#CC4(O)CCCCC4)cc32)n1. The third-order valence-electron chi connectivity index (χ3n) is 5.90. The molecule has 0 radical (unpaired) electrons. The molecule has 3 N–H and O–H groups in total. The van der Waals surface area contributed by atoms with Crippen LogP contribution in [0.3, 0.4) is 0 Å². The minimum atomic E-state index is -0.925. The van der Waals surface area contributed by atoms with Crippen LogP contribution in [0.2, 0.25) is 0 Å². The van der Waals surface area contributed by atoms with E-state index in [2.05, 4.69) is 21.8 Å². The number of aromatic nitrogens is 4. The summed E-state index contributed by atoms with van der Waals surface area (Å²) in [7, 11) is 0. The van der Waals surface area contributed by atoms with Crippen LogP contribution in [0.1, 0.15) is 48.0 Å². The maximum absolute atomic E-state index is 13.1. The number of benzene rings is 1. The number of nitrogens with zero attached hydrogens (tertiary/aromatic N) is 4. The molecule has 1 fully saturated rings. The van der Waals surface area contributed by atoms with Gasteiger partial charge in [0.15, 0.2) is 0 Å². The third-order valence-corrected chi connectivity index (χ3v) is 5.90. The van der Waals surface area contributed by atoms with Gasteiger partial charge in [0.05, 0.1) is 11.1 Å². The van der Waals surface area contributed by atoms with Crippen LogP contribution < -0.4 is 5.73 Å². The summed E-state index contributed by atoms with van der Waals surface area (Å²) >= 11 is 0. The maximum Gasteiger partial charge on any atom is 0.264 e. The third kappa shape index (κ3) is 3.77. The molecule has 1 aliphatic rings. The Labute approximate surface area is 185 Å². The van der Waals surface area contributed by atoms with E-state index in [4.69, 9.17) is 5.73 Å². The van der Waals surface area contributed by atoms with E-state index in [-0.39, 0.29) is 11.9 Å². The number of aliphatic hydroxyl groups is 1. The molecule has 32 heavy (non-hydrogen) atoms. The second-order valence-electron chi connectivity index (χ2n) is 8.16. The fraction of sp³-hybridized carbons (Fsp3) is 0.240. The van der Waals surface area contributed by atoms with Crippen molar-refractivity contribution in [1.29, 1.82) is 0 Å². The van der Waals surface area contributed by atoms with Crippen molar-refractivity contribution in [2.45, 2.75) is 37.7 Å². The van der Waals surface area contributed by atoms with Crippen LogP contribution in [-0.2, 0) is 0 Å². The molecule has 0 unspecified atom stereocenters. The molecular weight excluding hydrogens is 402 g/mol. The lowest BCUT2D eigenvalue weighted by Gasteiger charge is -2.26. The molecule has 0 amide bonds. The summed E-state index contributed by atoms with van der Waals surface area (Å²) in [5, 5.41) is 11.5. The number of hydrogen-bond acceptors (Lipinski definition) is 5. The Balaban J connectivity index is 1.63. The van der Waals surface area contributed by atoms with Crippen molar-refractivity contribution < 1.29 is 9.90 Å². The molecular formula is C25H23N5O2. The van der Waals surface area contributed by atoms with E-state index in [0.29, 0.717) is 24.2 Å². The summed E-state index contributed by atoms with van der Waals surface area (Å²) in [6.07, 6.45) is 11.3. The van der Waals surface area contributed by atoms with E-state index in [9.17, 15) is 9.90 Å². The largest absolute Gasteiger partial charge is 0.378 e. The van der Waals surface area contributed by atoms with Crippen LogP contribution >= 0.6 is 0 Å². The summed E-state index contributed by atoms with van der Waals surface area (Å²) in [5.41, 5.74) is 6.96. The van der Waals surface area contributed by atoms with E-state index >= 15 is 0 Å². The number of carbonyl (C=O) groups is 1. The second kappa shape index (κ2) is 7.98. The number of fused-ring (bicyclic) bond motifs is 1. The van der Waals surface area contributed by atoms with Gasteiger partial charge in [-0.05, 0) is 56.0 Å². The van der Waals surface area contributed by atoms with Crippen molar-refractivity contribution in [3.8, 4) is 17.7 Å². The molecule has 1 saturated carbocycles. The first-order valence-electron chi connectivity index (χ1n) is 10.7. The Kier molecular flexibility index (Phi) is 5.00. The molecule has 1 aromatic carbocycles. The maximum atomic E-state index is 13.1. The van der Waals surface area contributed by atoms with E-state index in [1.54, 1.807) is 35.4 Å². The van der Waals surface area contributed by atoms with Crippen LogP contribution in [0, 0.1) is 11.8 Å². The normalized spacial score (nSPS) is 15.3. The van der Waals surface area contributed by atoms with Gasteiger partial charge >= 0.3 is 0 Å². The van der Waals surface area contributed by atoms with Crippen LogP contribution in [0.25, 0.3) is 16.7 Å². The predicted molar refractivity (Wildman–Crippen MR) is 122 cm³/mol. The standard InChI is InChI=1S/C25H23N5O2/c26-24-27-13-9-22(28-24)30-17-20(23(31)29-14-4-5-15-29)19-7-6-18(16-21(19)30)8-12-25(32)10-2-1-3-11-25/h4-7,9,13-17,32H,1-3,10-11H2,(H2,26,27,28). The lowest BCUT2D eigenvalue weighted by atomic mass is 9.85. The average molecular weight is 425 g/mol. The minimum absolute atomic E-state index is 0.142. The van der Waals surface area contributed by atoms with Gasteiger partial charge in [0.2, 0.25) is 5.95 Å². The molecule has 0 aliphatic heterocycles. The molecule has 0 atom stereocenters. The van der Waals surface area contributed by atoms with E-state index in [1.807, 2.05) is 34.9 Å². The van der Waals surface area contributed by atoms with Crippen LogP contribution in [0.15, 0.2) is 61.2 Å². The van der Waals surface area contributed by atoms with Gasteiger partial charge in [-0.2, -0.15) is 4.98 Å². The quantitative estimate of drug-likeness (QED) is 0.479. The molecule has 3 aromatic heterocycles. The van der Waals surface area contributed by atoms with Gasteiger partial charge in [-0.3, -0.25) is 9.36 Å². The number of nitrogen functional groups attached to an aromatic ring is 1. The van der Waals surface area contributed by atoms with Crippen molar-refractivity contribution in [3.05, 3.63) is 72.3 Å². The fourth-order valence-electron chi connectivity index (χ4n) is 4.22. The van der Waals surface area contributed by atoms with Crippen molar-refractivity contribution >= 4 is 22.8 Å². The van der Waals surface area contributed by atoms with Gasteiger partial charge in [0.25, 0.3) is 5.91 Å². The summed E-state index contributed by atoms with van der Waals surface area (Å²) in [5.74, 6) is 6.79. The summed E-state index contributed by atoms with van der Waals surface area (Å²) in [6, 6.07) is 11.1. The molecule has 0 saturated heterocycles. The van der Waals surface area contributed by atoms with Crippen LogP contribution in [0.4, 0.5) is 5.95 Å². The number of hydrogen-bond donors (Lipinski definition) is 2. The van der Waals surface area contributed by atoms with Gasteiger partial charge in [-0.1, -0.05) is 24.3 Å². The zero-order chi connectivity index (χ0) is 22.1. The zero-order valence-corrected chi connectivity index (χ0v) is 17.5. The Morgan fingerprint density at radius 2 is 1.91 bits per heavy atom. The number of carbonyl (C=O) groups excluding carboxylic acids is 1. The first-order chi connectivity index (χ1) is 15.5.